The van der Waals surface area contributed by atoms with E-state index in [-0.39, 0.29) is 79.0 Å². The topological polar surface area (TPSA) is 251 Å². The first kappa shape index (κ1) is 99.2. The van der Waals surface area contributed by atoms with Gasteiger partial charge in [0.2, 0.25) is 27.2 Å². The number of halogens is 6. The second-order valence-electron chi connectivity index (χ2n) is 30.7. The Morgan fingerprint density at radius 1 is 0.242 bits per heavy atom. The Balaban J connectivity index is 0.000000232. The number of aryl methyl sites for hydroxylation is 16. The smallest absolute Gasteiger partial charge is 0.485 e. The normalized spacial score (nSPS) is 12.7. The van der Waals surface area contributed by atoms with Crippen molar-refractivity contribution in [3.05, 3.63) is 283 Å². The van der Waals surface area contributed by atoms with E-state index in [4.69, 9.17) is 63.8 Å². The molecule has 0 spiro atoms. The molecule has 0 saturated carbocycles. The van der Waals surface area contributed by atoms with Crippen molar-refractivity contribution in [2.45, 2.75) is 122 Å². The van der Waals surface area contributed by atoms with Crippen LogP contribution in [0.3, 0.4) is 0 Å². The van der Waals surface area contributed by atoms with Crippen LogP contribution < -0.4 is 102 Å². The number of rotatable bonds is 14. The molecular weight excluding hydrogens is 1900 g/mol. The molecule has 4 heterocycles. The SMILES string of the molecule is Cc1cc(C)cc(P(c2cc(C)cc(C)c2)c2ccc3c(c2-c2c(P(c4cc(C)cc(C)c4)c4cc(C)cc(C)c4)ccc4c2OCO4)OCO3)c1.Cc1cc(C)cc(P(c2cc(C)cc(C)c2)c2ccc3c(c2-c2c(P(c4cc(C)cc(C)c4)c4cc(C)cc(C)c4)ccc4c2OCO4)OCO3)c1.O.O.O=S(=O)([O-])C(F)(F)F.O=S(=O)([O-])C(F)(F)F.[Pd].[Pd]. The first-order chi connectivity index (χ1) is 56.5. The number of ether oxygens (including phenoxy) is 8. The number of benzene rings is 12. The average molecular weight is 1990 g/mol. The van der Waals surface area contributed by atoms with Gasteiger partial charge < -0.3 is 58.0 Å². The van der Waals surface area contributed by atoms with Crippen LogP contribution in [0.5, 0.6) is 46.0 Å². The maximum absolute atomic E-state index is 10.7. The van der Waals surface area contributed by atoms with Crippen molar-refractivity contribution >= 4 is 116 Å². The van der Waals surface area contributed by atoms with Gasteiger partial charge in [-0.15, -0.1) is 0 Å². The zero-order valence-electron chi connectivity index (χ0n) is 70.5. The summed E-state index contributed by atoms with van der Waals surface area (Å²) in [7, 11) is -16.4. The Hall–Kier alpha value is -8.60. The molecular formula is C94H92F6O16P4Pd2S2-2. The second-order valence-corrected chi connectivity index (χ2v) is 42.2. The molecule has 0 bridgehead atoms. The fraction of sp³-hybridized carbons (Fsp3) is 0.234. The Bertz CT molecular complexity index is 5200. The van der Waals surface area contributed by atoms with E-state index in [0.717, 1.165) is 68.2 Å². The van der Waals surface area contributed by atoms with E-state index >= 15 is 0 Å². The van der Waals surface area contributed by atoms with Gasteiger partial charge in [-0.1, -0.05) is 235 Å². The summed E-state index contributed by atoms with van der Waals surface area (Å²) in [4.78, 5) is 0. The molecule has 0 atom stereocenters. The molecule has 16 rings (SSSR count). The van der Waals surface area contributed by atoms with Gasteiger partial charge in [-0.3, -0.25) is 0 Å². The van der Waals surface area contributed by atoms with Crippen molar-refractivity contribution in [2.24, 2.45) is 0 Å². The van der Waals surface area contributed by atoms with Crippen molar-refractivity contribution in [3.8, 4) is 68.2 Å². The third kappa shape index (κ3) is 22.3. The predicted octanol–water partition coefficient (Wildman–Crippen LogP) is 16.0. The van der Waals surface area contributed by atoms with Crippen LogP contribution in [-0.2, 0) is 61.1 Å². The molecule has 4 N–H and O–H groups in total. The molecule has 0 unspecified atom stereocenters. The van der Waals surface area contributed by atoms with E-state index in [1.807, 2.05) is 0 Å². The predicted molar refractivity (Wildman–Crippen MR) is 478 cm³/mol. The van der Waals surface area contributed by atoms with Gasteiger partial charge in [-0.25, -0.2) is 16.8 Å². The van der Waals surface area contributed by atoms with Crippen LogP contribution in [0.4, 0.5) is 26.3 Å². The van der Waals surface area contributed by atoms with Gasteiger partial charge in [-0.05, 0) is 255 Å². The van der Waals surface area contributed by atoms with Crippen LogP contribution in [-0.4, -0.2) is 75.1 Å². The zero-order valence-corrected chi connectivity index (χ0v) is 78.8. The fourth-order valence-electron chi connectivity index (χ4n) is 15.9. The van der Waals surface area contributed by atoms with Crippen molar-refractivity contribution in [1.29, 1.82) is 0 Å². The Kier molecular flexibility index (Phi) is 32.1. The van der Waals surface area contributed by atoms with E-state index in [0.29, 0.717) is 0 Å². The molecule has 124 heavy (non-hydrogen) atoms. The summed E-state index contributed by atoms with van der Waals surface area (Å²) >= 11 is 0. The summed E-state index contributed by atoms with van der Waals surface area (Å²) in [6.45, 7) is 35.8. The first-order valence-electron chi connectivity index (χ1n) is 38.2. The standard InChI is InChI=1S/2C46H44O4P2.2CHF3O3S.2H2O.2Pd/c2*1-27-13-28(2)18-35(17-27)51(36-19-29(3)14-30(4)20-36)41-11-9-39-45(49-25-47-39)43(41)44-42(12-10-40-46(44)50-26-48-40)52(37-21-31(5)15-32(6)22-37)38-23-33(7)16-34(8)24-38;2*2-1(3,4)8(5,6)7;;;;/h2*9-24H,25-26H2,1-8H3;2*(H,5,6,7);2*1H2;;/p-2. The van der Waals surface area contributed by atoms with Crippen LogP contribution in [0.25, 0.3) is 22.3 Å². The van der Waals surface area contributed by atoms with Crippen molar-refractivity contribution < 1.29 is 142 Å². The quantitative estimate of drug-likeness (QED) is 0.0323. The number of fused-ring (bicyclic) bond motifs is 4. The number of alkyl halides is 6. The molecule has 0 amide bonds. The minimum atomic E-state index is -6.09. The molecule has 0 fully saturated rings. The van der Waals surface area contributed by atoms with Gasteiger partial charge in [-0.2, -0.15) is 26.3 Å². The third-order valence-corrected chi connectivity index (χ3v) is 30.6. The number of hydrogen-bond donors (Lipinski definition) is 0. The first-order valence-corrected chi connectivity index (χ1v) is 46.4. The second kappa shape index (κ2) is 40.2. The fourth-order valence-corrected chi connectivity index (χ4v) is 27.3. The summed E-state index contributed by atoms with van der Waals surface area (Å²) in [5.41, 5.74) is 12.8. The van der Waals surface area contributed by atoms with Crippen LogP contribution in [0.1, 0.15) is 89.0 Å². The van der Waals surface area contributed by atoms with Crippen LogP contribution in [0.15, 0.2) is 194 Å². The van der Waals surface area contributed by atoms with Gasteiger partial charge in [0.05, 0.1) is 0 Å². The molecule has 0 aromatic heterocycles. The Morgan fingerprint density at radius 2 is 0.363 bits per heavy atom. The largest absolute Gasteiger partial charge is 0.741 e. The summed E-state index contributed by atoms with van der Waals surface area (Å²) in [6, 6.07) is 73.3. The third-order valence-electron chi connectivity index (χ3n) is 19.8. The van der Waals surface area contributed by atoms with E-state index in [1.54, 1.807) is 0 Å². The van der Waals surface area contributed by atoms with E-state index < -0.39 is 62.9 Å². The molecule has 30 heteroatoms. The summed E-state index contributed by atoms with van der Waals surface area (Å²) in [5, 5.41) is 15.2. The zero-order chi connectivity index (χ0) is 86.5. The van der Waals surface area contributed by atoms with Crippen molar-refractivity contribution in [2.75, 3.05) is 27.2 Å². The van der Waals surface area contributed by atoms with Gasteiger partial charge in [0, 0.05) is 63.1 Å². The number of hydrogen-bond acceptors (Lipinski definition) is 14. The molecule has 12 aromatic rings. The molecule has 12 aromatic carbocycles. The Morgan fingerprint density at radius 3 is 0.476 bits per heavy atom. The average Bonchev–Trinajstić information content (AvgIpc) is 1.40. The Labute approximate surface area is 752 Å². The van der Waals surface area contributed by atoms with Crippen molar-refractivity contribution in [3.63, 3.8) is 0 Å². The van der Waals surface area contributed by atoms with Crippen LogP contribution in [0, 0.1) is 111 Å². The maximum atomic E-state index is 10.7. The molecule has 0 radical (unpaired) electrons. The summed E-state index contributed by atoms with van der Waals surface area (Å²) < 4.78 is 169. The van der Waals surface area contributed by atoms with E-state index in [1.165, 1.54) is 153 Å². The summed E-state index contributed by atoms with van der Waals surface area (Å²) in [6.07, 6.45) is 0. The van der Waals surface area contributed by atoms with Gasteiger partial charge in [0.15, 0.2) is 66.2 Å². The molecule has 4 aliphatic heterocycles. The minimum absolute atomic E-state index is 0. The molecule has 0 saturated heterocycles. The molecule has 4 aliphatic rings. The van der Waals surface area contributed by atoms with Crippen molar-refractivity contribution in [1.82, 2.24) is 0 Å². The molecule has 16 nitrogen and oxygen atoms in total. The van der Waals surface area contributed by atoms with E-state index in [2.05, 4.69) is 305 Å². The van der Waals surface area contributed by atoms with Crippen LogP contribution >= 0.6 is 31.7 Å². The monoisotopic (exact) mass is 1990 g/mol. The van der Waals surface area contributed by atoms with Gasteiger partial charge in [0.25, 0.3) is 0 Å². The molecule has 0 aliphatic carbocycles. The van der Waals surface area contributed by atoms with Gasteiger partial charge in [0.1, 0.15) is 0 Å². The van der Waals surface area contributed by atoms with E-state index in [9.17, 15) is 26.3 Å². The minimum Gasteiger partial charge on any atom is -0.741 e. The van der Waals surface area contributed by atoms with Crippen LogP contribution in [0.2, 0.25) is 0 Å². The van der Waals surface area contributed by atoms with Gasteiger partial charge >= 0.3 is 11.0 Å². The maximum Gasteiger partial charge on any atom is 0.485 e. The summed E-state index contributed by atoms with van der Waals surface area (Å²) in [5.74, 6) is 6.05. The molecule has 660 valence electrons.